The van der Waals surface area contributed by atoms with E-state index >= 15 is 0 Å². The van der Waals surface area contributed by atoms with Gasteiger partial charge < -0.3 is 16.4 Å². The van der Waals surface area contributed by atoms with Crippen LogP contribution in [0.15, 0.2) is 36.4 Å². The highest BCUT2D eigenvalue weighted by molar-refractivity contribution is 5.91. The number of nitrogens with one attached hydrogen (secondary N) is 2. The molecule has 1 amide bonds. The first-order valence-electron chi connectivity index (χ1n) is 7.79. The maximum Gasteiger partial charge on any atom is 0.224 e. The molecule has 0 radical (unpaired) electrons. The summed E-state index contributed by atoms with van der Waals surface area (Å²) in [6.45, 7) is 1.43. The highest BCUT2D eigenvalue weighted by Crippen LogP contribution is 2.24. The first-order chi connectivity index (χ1) is 11.1. The third kappa shape index (κ3) is 3.51. The lowest BCUT2D eigenvalue weighted by atomic mass is 9.99. The fourth-order valence-electron chi connectivity index (χ4n) is 2.85. The van der Waals surface area contributed by atoms with E-state index in [1.54, 1.807) is 6.07 Å². The van der Waals surface area contributed by atoms with Crippen LogP contribution in [0.25, 0.3) is 0 Å². The average molecular weight is 313 g/mol. The van der Waals surface area contributed by atoms with Crippen LogP contribution in [-0.4, -0.2) is 12.5 Å². The van der Waals surface area contributed by atoms with E-state index in [1.165, 1.54) is 0 Å². The number of nitrogens with two attached hydrogens (primary N) is 1. The summed E-state index contributed by atoms with van der Waals surface area (Å²) in [4.78, 5) is 12.1. The van der Waals surface area contributed by atoms with Gasteiger partial charge in [0.1, 0.15) is 5.82 Å². The van der Waals surface area contributed by atoms with E-state index in [4.69, 9.17) is 5.73 Å². The zero-order valence-corrected chi connectivity index (χ0v) is 12.9. The number of benzene rings is 2. The first-order valence-corrected chi connectivity index (χ1v) is 7.79. The molecule has 4 N–H and O–H groups in total. The quantitative estimate of drug-likeness (QED) is 0.760. The molecular formula is C18H20FN3O. The van der Waals surface area contributed by atoms with Crippen LogP contribution in [0.5, 0.6) is 0 Å². The van der Waals surface area contributed by atoms with E-state index in [2.05, 4.69) is 10.6 Å². The molecule has 120 valence electrons. The van der Waals surface area contributed by atoms with Crippen molar-refractivity contribution in [3.63, 3.8) is 0 Å². The summed E-state index contributed by atoms with van der Waals surface area (Å²) < 4.78 is 14.5. The fourth-order valence-corrected chi connectivity index (χ4v) is 2.85. The van der Waals surface area contributed by atoms with Gasteiger partial charge in [-0.3, -0.25) is 4.79 Å². The number of aryl methyl sites for hydroxylation is 1. The van der Waals surface area contributed by atoms with E-state index in [9.17, 15) is 9.18 Å². The Morgan fingerprint density at radius 1 is 1.26 bits per heavy atom. The summed E-state index contributed by atoms with van der Waals surface area (Å²) in [5.74, 6) is -0.516. The van der Waals surface area contributed by atoms with Crippen molar-refractivity contribution < 1.29 is 9.18 Å². The third-order valence-corrected chi connectivity index (χ3v) is 4.16. The summed E-state index contributed by atoms with van der Waals surface area (Å²) in [5, 5.41) is 5.88. The van der Waals surface area contributed by atoms with Gasteiger partial charge in [0.2, 0.25) is 5.91 Å². The van der Waals surface area contributed by atoms with Gasteiger partial charge in [0.25, 0.3) is 0 Å². The first kappa shape index (κ1) is 15.5. The van der Waals surface area contributed by atoms with Crippen molar-refractivity contribution >= 4 is 17.3 Å². The van der Waals surface area contributed by atoms with E-state index in [0.29, 0.717) is 30.6 Å². The highest BCUT2D eigenvalue weighted by atomic mass is 19.1. The molecule has 1 heterocycles. The minimum absolute atomic E-state index is 0.207. The van der Waals surface area contributed by atoms with Crippen molar-refractivity contribution in [3.8, 4) is 0 Å². The monoisotopic (exact) mass is 313 g/mol. The van der Waals surface area contributed by atoms with Gasteiger partial charge in [0.15, 0.2) is 0 Å². The molecule has 2 aromatic carbocycles. The molecule has 4 nitrogen and oxygen atoms in total. The van der Waals surface area contributed by atoms with Crippen molar-refractivity contribution in [2.45, 2.75) is 25.8 Å². The van der Waals surface area contributed by atoms with Crippen LogP contribution in [0, 0.1) is 5.82 Å². The van der Waals surface area contributed by atoms with Crippen molar-refractivity contribution in [1.29, 1.82) is 0 Å². The number of nitrogen functional groups attached to an aromatic ring is 1. The molecule has 5 heteroatoms. The Balaban J connectivity index is 1.65. The van der Waals surface area contributed by atoms with Gasteiger partial charge in [-0.05, 0) is 48.2 Å². The molecule has 0 aliphatic carbocycles. The van der Waals surface area contributed by atoms with Crippen molar-refractivity contribution in [2.75, 3.05) is 17.6 Å². The average Bonchev–Trinajstić information content (AvgIpc) is 2.57. The molecule has 0 unspecified atom stereocenters. The summed E-state index contributed by atoms with van der Waals surface area (Å²) >= 11 is 0. The molecule has 0 fully saturated rings. The number of rotatable bonds is 4. The van der Waals surface area contributed by atoms with Gasteiger partial charge in [0.05, 0.1) is 5.69 Å². The Labute approximate surface area is 134 Å². The zero-order valence-electron chi connectivity index (χ0n) is 12.9. The predicted molar refractivity (Wildman–Crippen MR) is 89.6 cm³/mol. The second-order valence-electron chi connectivity index (χ2n) is 5.74. The lowest BCUT2D eigenvalue weighted by Gasteiger charge is -2.19. The van der Waals surface area contributed by atoms with E-state index in [1.807, 2.05) is 30.3 Å². The standard InChI is InChI=1S/C18H20FN3O/c19-18-14-9-10-21-11-13(14)5-7-16(18)22-17(23)8-6-12-3-1-2-4-15(12)20/h1-5,7,21H,6,8-11,20H2,(H,22,23). The predicted octanol–water partition coefficient (Wildman–Crippen LogP) is 2.62. The molecular weight excluding hydrogens is 293 g/mol. The summed E-state index contributed by atoms with van der Waals surface area (Å²) in [5.41, 5.74) is 9.39. The number of amides is 1. The number of carbonyl (C=O) groups is 1. The largest absolute Gasteiger partial charge is 0.399 e. The molecule has 23 heavy (non-hydrogen) atoms. The summed E-state index contributed by atoms with van der Waals surface area (Å²) in [7, 11) is 0. The molecule has 3 rings (SSSR count). The summed E-state index contributed by atoms with van der Waals surface area (Å²) in [6, 6.07) is 11.0. The zero-order chi connectivity index (χ0) is 16.2. The second-order valence-corrected chi connectivity index (χ2v) is 5.74. The number of anilines is 2. The van der Waals surface area contributed by atoms with Crippen LogP contribution < -0.4 is 16.4 Å². The van der Waals surface area contributed by atoms with Crippen molar-refractivity contribution in [2.24, 2.45) is 0 Å². The molecule has 0 aromatic heterocycles. The molecule has 0 saturated carbocycles. The number of hydrogen-bond acceptors (Lipinski definition) is 3. The normalized spacial score (nSPS) is 13.4. The van der Waals surface area contributed by atoms with E-state index < -0.39 is 0 Å². The van der Waals surface area contributed by atoms with Gasteiger partial charge in [-0.2, -0.15) is 0 Å². The Morgan fingerprint density at radius 3 is 2.91 bits per heavy atom. The maximum absolute atomic E-state index is 14.5. The van der Waals surface area contributed by atoms with Gasteiger partial charge in [-0.25, -0.2) is 4.39 Å². The van der Waals surface area contributed by atoms with Gasteiger partial charge in [-0.15, -0.1) is 0 Å². The Kier molecular flexibility index (Phi) is 4.57. The maximum atomic E-state index is 14.5. The SMILES string of the molecule is Nc1ccccc1CCC(=O)Nc1ccc2c(c1F)CCNC2. The van der Waals surface area contributed by atoms with Gasteiger partial charge in [0, 0.05) is 18.7 Å². The number of carbonyl (C=O) groups excluding carboxylic acids is 1. The van der Waals surface area contributed by atoms with Crippen LogP contribution in [0.4, 0.5) is 15.8 Å². The lowest BCUT2D eigenvalue weighted by Crippen LogP contribution is -2.25. The summed E-state index contributed by atoms with van der Waals surface area (Å²) in [6.07, 6.45) is 1.45. The minimum atomic E-state index is -0.309. The van der Waals surface area contributed by atoms with Crippen LogP contribution >= 0.6 is 0 Å². The molecule has 0 spiro atoms. The Hall–Kier alpha value is -2.40. The topological polar surface area (TPSA) is 67.2 Å². The molecule has 1 aliphatic rings. The number of hydrogen-bond donors (Lipinski definition) is 3. The minimum Gasteiger partial charge on any atom is -0.399 e. The van der Waals surface area contributed by atoms with Crippen LogP contribution in [0.3, 0.4) is 0 Å². The molecule has 0 atom stereocenters. The smallest absolute Gasteiger partial charge is 0.224 e. The number of halogens is 1. The Morgan fingerprint density at radius 2 is 2.09 bits per heavy atom. The van der Waals surface area contributed by atoms with Crippen molar-refractivity contribution in [1.82, 2.24) is 5.32 Å². The van der Waals surface area contributed by atoms with E-state index in [0.717, 1.165) is 17.7 Å². The molecule has 1 aliphatic heterocycles. The highest BCUT2D eigenvalue weighted by Gasteiger charge is 2.17. The van der Waals surface area contributed by atoms with Gasteiger partial charge in [-0.1, -0.05) is 24.3 Å². The van der Waals surface area contributed by atoms with Crippen molar-refractivity contribution in [3.05, 3.63) is 58.9 Å². The van der Waals surface area contributed by atoms with Crippen LogP contribution in [0.2, 0.25) is 0 Å². The molecule has 0 saturated heterocycles. The van der Waals surface area contributed by atoms with E-state index in [-0.39, 0.29) is 23.8 Å². The van der Waals surface area contributed by atoms with Crippen LogP contribution in [0.1, 0.15) is 23.1 Å². The third-order valence-electron chi connectivity index (χ3n) is 4.16. The lowest BCUT2D eigenvalue weighted by molar-refractivity contribution is -0.116. The second kappa shape index (κ2) is 6.79. The fraction of sp³-hybridized carbons (Fsp3) is 0.278. The molecule has 0 bridgehead atoms. The van der Waals surface area contributed by atoms with Gasteiger partial charge >= 0.3 is 0 Å². The molecule has 2 aromatic rings. The number of fused-ring (bicyclic) bond motifs is 1. The number of para-hydroxylation sites is 1. The Bertz CT molecular complexity index is 730. The van der Waals surface area contributed by atoms with Crippen LogP contribution in [-0.2, 0) is 24.2 Å².